The molecule has 0 bridgehead atoms. The maximum Gasteiger partial charge on any atom is 0.416 e. The van der Waals surface area contributed by atoms with Crippen molar-refractivity contribution in [3.05, 3.63) is 81.6 Å². The number of nitrogens with one attached hydrogen (secondary N) is 2. The lowest BCUT2D eigenvalue weighted by atomic mass is 10.1. The molecule has 0 aliphatic heterocycles. The SMILES string of the molecule is CCCCCNc1nc(-c2ccc(C(F)(F)F)cc2)cc(=O)n1Cc1cccc(C(=O)NCC(=O)O)c1. The Kier molecular flexibility index (Phi) is 9.05. The van der Waals surface area contributed by atoms with Crippen molar-refractivity contribution in [2.45, 2.75) is 38.9 Å². The van der Waals surface area contributed by atoms with Crippen LogP contribution in [0.15, 0.2) is 59.4 Å². The third-order valence-electron chi connectivity index (χ3n) is 5.51. The molecule has 196 valence electrons. The number of nitrogens with zero attached hydrogens (tertiary/aromatic N) is 2. The largest absolute Gasteiger partial charge is 0.480 e. The standard InChI is InChI=1S/C26H27F3N4O4/c1-2-3-4-12-30-25-32-21(18-8-10-20(11-9-18)26(27,28)29)14-22(34)33(25)16-17-6-5-7-19(13-17)24(37)31-15-23(35)36/h5-11,13-14H,2-4,12,15-16H2,1H3,(H,30,32)(H,31,37)(H,35,36). The molecule has 0 spiro atoms. The number of alkyl halides is 3. The number of rotatable bonds is 11. The molecule has 3 N–H and O–H groups in total. The highest BCUT2D eigenvalue weighted by atomic mass is 19.4. The van der Waals surface area contributed by atoms with Crippen molar-refractivity contribution in [2.24, 2.45) is 0 Å². The Hall–Kier alpha value is -4.15. The maximum atomic E-state index is 13.1. The third-order valence-corrected chi connectivity index (χ3v) is 5.51. The fraction of sp³-hybridized carbons (Fsp3) is 0.308. The monoisotopic (exact) mass is 516 g/mol. The van der Waals surface area contributed by atoms with Crippen LogP contribution in [0.1, 0.15) is 47.7 Å². The highest BCUT2D eigenvalue weighted by Crippen LogP contribution is 2.30. The zero-order chi connectivity index (χ0) is 27.0. The number of hydrogen-bond donors (Lipinski definition) is 3. The lowest BCUT2D eigenvalue weighted by Gasteiger charge is -2.16. The van der Waals surface area contributed by atoms with Crippen molar-refractivity contribution < 1.29 is 27.9 Å². The molecular weight excluding hydrogens is 489 g/mol. The van der Waals surface area contributed by atoms with Crippen LogP contribution in [0.4, 0.5) is 19.1 Å². The molecule has 2 aromatic carbocycles. The van der Waals surface area contributed by atoms with E-state index < -0.39 is 35.7 Å². The van der Waals surface area contributed by atoms with Crippen LogP contribution in [-0.4, -0.2) is 39.6 Å². The Morgan fingerprint density at radius 1 is 1.05 bits per heavy atom. The second-order valence-electron chi connectivity index (χ2n) is 8.38. The van der Waals surface area contributed by atoms with Gasteiger partial charge < -0.3 is 15.7 Å². The second kappa shape index (κ2) is 12.2. The molecule has 0 fully saturated rings. The van der Waals surface area contributed by atoms with Gasteiger partial charge in [-0.25, -0.2) is 4.98 Å². The van der Waals surface area contributed by atoms with Crippen molar-refractivity contribution >= 4 is 17.8 Å². The third kappa shape index (κ3) is 7.66. The first kappa shape index (κ1) is 27.4. The molecule has 1 heterocycles. The molecule has 3 rings (SSSR count). The highest BCUT2D eigenvalue weighted by Gasteiger charge is 2.30. The topological polar surface area (TPSA) is 113 Å². The Morgan fingerprint density at radius 3 is 2.43 bits per heavy atom. The van der Waals surface area contributed by atoms with Gasteiger partial charge in [-0.05, 0) is 36.2 Å². The average molecular weight is 517 g/mol. The van der Waals surface area contributed by atoms with E-state index >= 15 is 0 Å². The Labute approximate surface area is 211 Å². The van der Waals surface area contributed by atoms with Gasteiger partial charge in [-0.3, -0.25) is 19.0 Å². The van der Waals surface area contributed by atoms with Crippen molar-refractivity contribution in [2.75, 3.05) is 18.4 Å². The van der Waals surface area contributed by atoms with Crippen LogP contribution < -0.4 is 16.2 Å². The van der Waals surface area contributed by atoms with Gasteiger partial charge in [-0.1, -0.05) is 44.0 Å². The molecule has 0 saturated heterocycles. The summed E-state index contributed by atoms with van der Waals surface area (Å²) in [7, 11) is 0. The summed E-state index contributed by atoms with van der Waals surface area (Å²) in [5.41, 5.74) is 0.212. The van der Waals surface area contributed by atoms with Gasteiger partial charge >= 0.3 is 12.1 Å². The van der Waals surface area contributed by atoms with E-state index in [0.29, 0.717) is 17.7 Å². The molecule has 0 radical (unpaired) electrons. The number of unbranched alkanes of at least 4 members (excludes halogenated alkanes) is 2. The number of aliphatic carboxylic acids is 1. The number of amides is 1. The Balaban J connectivity index is 1.92. The van der Waals surface area contributed by atoms with Crippen LogP contribution in [-0.2, 0) is 17.5 Å². The first-order valence-corrected chi connectivity index (χ1v) is 11.7. The first-order chi connectivity index (χ1) is 17.6. The van der Waals surface area contributed by atoms with E-state index in [1.807, 2.05) is 0 Å². The highest BCUT2D eigenvalue weighted by molar-refractivity contribution is 5.95. The summed E-state index contributed by atoms with van der Waals surface area (Å²) in [6, 6.07) is 12.1. The van der Waals surface area contributed by atoms with Crippen molar-refractivity contribution in [1.29, 1.82) is 0 Å². The molecule has 3 aromatic rings. The van der Waals surface area contributed by atoms with Crippen LogP contribution in [0.3, 0.4) is 0 Å². The zero-order valence-corrected chi connectivity index (χ0v) is 20.1. The van der Waals surface area contributed by atoms with E-state index in [0.717, 1.165) is 31.4 Å². The Morgan fingerprint density at radius 2 is 1.78 bits per heavy atom. The molecule has 11 heteroatoms. The minimum absolute atomic E-state index is 0.0648. The van der Waals surface area contributed by atoms with E-state index in [1.54, 1.807) is 18.2 Å². The molecule has 1 aromatic heterocycles. The van der Waals surface area contributed by atoms with Gasteiger partial charge in [0.25, 0.3) is 11.5 Å². The number of carboxylic acids is 1. The fourth-order valence-electron chi connectivity index (χ4n) is 3.60. The molecule has 0 aliphatic carbocycles. The number of carbonyl (C=O) groups excluding carboxylic acids is 1. The number of halogens is 3. The molecule has 0 atom stereocenters. The van der Waals surface area contributed by atoms with Gasteiger partial charge in [0.05, 0.1) is 17.8 Å². The first-order valence-electron chi connectivity index (χ1n) is 11.7. The summed E-state index contributed by atoms with van der Waals surface area (Å²) in [4.78, 5) is 40.6. The lowest BCUT2D eigenvalue weighted by molar-refractivity contribution is -0.137. The van der Waals surface area contributed by atoms with Gasteiger partial charge in [0.1, 0.15) is 6.54 Å². The van der Waals surface area contributed by atoms with Gasteiger partial charge in [0.15, 0.2) is 0 Å². The zero-order valence-electron chi connectivity index (χ0n) is 20.1. The number of carboxylic acid groups (broad SMARTS) is 1. The second-order valence-corrected chi connectivity index (χ2v) is 8.38. The van der Waals surface area contributed by atoms with E-state index in [4.69, 9.17) is 5.11 Å². The molecule has 0 unspecified atom stereocenters. The van der Waals surface area contributed by atoms with E-state index in [9.17, 15) is 27.6 Å². The average Bonchev–Trinajstić information content (AvgIpc) is 2.86. The lowest BCUT2D eigenvalue weighted by Crippen LogP contribution is -2.29. The normalized spacial score (nSPS) is 11.2. The predicted octanol–water partition coefficient (Wildman–Crippen LogP) is 4.39. The number of aromatic nitrogens is 2. The van der Waals surface area contributed by atoms with Crippen LogP contribution in [0, 0.1) is 0 Å². The van der Waals surface area contributed by atoms with Gasteiger partial charge in [0.2, 0.25) is 5.95 Å². The fourth-order valence-corrected chi connectivity index (χ4v) is 3.60. The number of anilines is 1. The predicted molar refractivity (Wildman–Crippen MR) is 132 cm³/mol. The minimum atomic E-state index is -4.47. The van der Waals surface area contributed by atoms with Gasteiger partial charge in [-0.15, -0.1) is 0 Å². The van der Waals surface area contributed by atoms with Crippen LogP contribution >= 0.6 is 0 Å². The summed E-state index contributed by atoms with van der Waals surface area (Å²) < 4.78 is 40.2. The minimum Gasteiger partial charge on any atom is -0.480 e. The molecule has 37 heavy (non-hydrogen) atoms. The Bertz CT molecular complexity index is 1300. The van der Waals surface area contributed by atoms with Crippen LogP contribution in [0.25, 0.3) is 11.3 Å². The van der Waals surface area contributed by atoms with E-state index in [1.165, 1.54) is 28.8 Å². The molecule has 0 aliphatic rings. The van der Waals surface area contributed by atoms with Crippen molar-refractivity contribution in [1.82, 2.24) is 14.9 Å². The molecule has 8 nitrogen and oxygen atoms in total. The molecule has 0 saturated carbocycles. The number of hydrogen-bond acceptors (Lipinski definition) is 5. The molecule has 1 amide bonds. The maximum absolute atomic E-state index is 13.1. The number of carbonyl (C=O) groups is 2. The van der Waals surface area contributed by atoms with Crippen LogP contribution in [0.5, 0.6) is 0 Å². The summed E-state index contributed by atoms with van der Waals surface area (Å²) in [6.45, 7) is 2.13. The summed E-state index contributed by atoms with van der Waals surface area (Å²) in [5, 5.41) is 14.2. The quantitative estimate of drug-likeness (QED) is 0.326. The number of benzene rings is 2. The summed E-state index contributed by atoms with van der Waals surface area (Å²) in [6.07, 6.45) is -1.69. The van der Waals surface area contributed by atoms with Crippen molar-refractivity contribution in [3.8, 4) is 11.3 Å². The van der Waals surface area contributed by atoms with Crippen molar-refractivity contribution in [3.63, 3.8) is 0 Å². The van der Waals surface area contributed by atoms with Gasteiger partial charge in [-0.2, -0.15) is 13.2 Å². The molecular formula is C26H27F3N4O4. The van der Waals surface area contributed by atoms with Gasteiger partial charge in [0, 0.05) is 23.7 Å². The van der Waals surface area contributed by atoms with E-state index in [2.05, 4.69) is 22.5 Å². The smallest absolute Gasteiger partial charge is 0.416 e. The van der Waals surface area contributed by atoms with Crippen LogP contribution in [0.2, 0.25) is 0 Å². The summed E-state index contributed by atoms with van der Waals surface area (Å²) in [5.74, 6) is -1.49. The summed E-state index contributed by atoms with van der Waals surface area (Å²) >= 11 is 0. The van der Waals surface area contributed by atoms with E-state index in [-0.39, 0.29) is 23.8 Å².